The first-order valence-corrected chi connectivity index (χ1v) is 6.14. The van der Waals surface area contributed by atoms with Crippen molar-refractivity contribution in [1.82, 2.24) is 0 Å². The topological polar surface area (TPSA) is 23.8 Å². The van der Waals surface area contributed by atoms with Gasteiger partial charge in [-0.05, 0) is 0 Å². The van der Waals surface area contributed by atoms with Crippen molar-refractivity contribution >= 4 is 25.5 Å². The molecule has 0 aromatic heterocycles. The summed E-state index contributed by atoms with van der Waals surface area (Å²) in [7, 11) is 0. The molecule has 1 aromatic rings. The SMILES string of the molecule is C[Se]c1ccccc1/C=C/C#N. The van der Waals surface area contributed by atoms with Crippen LogP contribution in [-0.2, 0) is 0 Å². The predicted molar refractivity (Wildman–Crippen MR) is 52.3 cm³/mol. The van der Waals surface area contributed by atoms with Gasteiger partial charge < -0.3 is 0 Å². The van der Waals surface area contributed by atoms with Gasteiger partial charge in [-0.15, -0.1) is 0 Å². The summed E-state index contributed by atoms with van der Waals surface area (Å²) >= 11 is 0.496. The van der Waals surface area contributed by atoms with Crippen LogP contribution in [0.25, 0.3) is 6.08 Å². The van der Waals surface area contributed by atoms with Gasteiger partial charge in [0.2, 0.25) is 0 Å². The number of hydrogen-bond acceptors (Lipinski definition) is 1. The Kier molecular flexibility index (Phi) is 3.60. The van der Waals surface area contributed by atoms with Gasteiger partial charge in [-0.25, -0.2) is 0 Å². The van der Waals surface area contributed by atoms with Crippen LogP contribution in [0, 0.1) is 11.3 Å². The zero-order valence-electron chi connectivity index (χ0n) is 6.82. The molecule has 0 bridgehead atoms. The molecule has 60 valence electrons. The zero-order valence-corrected chi connectivity index (χ0v) is 8.53. The third kappa shape index (κ3) is 2.23. The van der Waals surface area contributed by atoms with Crippen molar-refractivity contribution in [1.29, 1.82) is 5.26 Å². The molecular weight excluding hydrogens is 213 g/mol. The van der Waals surface area contributed by atoms with Crippen LogP contribution in [0.1, 0.15) is 5.56 Å². The molecule has 0 spiro atoms. The van der Waals surface area contributed by atoms with Crippen molar-refractivity contribution < 1.29 is 0 Å². The summed E-state index contributed by atoms with van der Waals surface area (Å²) in [5.41, 5.74) is 1.17. The molecule has 0 amide bonds. The monoisotopic (exact) mass is 223 g/mol. The Morgan fingerprint density at radius 1 is 1.42 bits per heavy atom. The van der Waals surface area contributed by atoms with E-state index in [0.29, 0.717) is 15.0 Å². The van der Waals surface area contributed by atoms with Crippen molar-refractivity contribution in [2.75, 3.05) is 0 Å². The van der Waals surface area contributed by atoms with Crippen LogP contribution in [0.5, 0.6) is 0 Å². The molecule has 12 heavy (non-hydrogen) atoms. The fraction of sp³-hybridized carbons (Fsp3) is 0.100. The first kappa shape index (κ1) is 9.06. The maximum absolute atomic E-state index is 8.36. The van der Waals surface area contributed by atoms with Crippen LogP contribution in [0.2, 0.25) is 5.82 Å². The summed E-state index contributed by atoms with van der Waals surface area (Å²) < 4.78 is 1.34. The maximum atomic E-state index is 8.36. The molecule has 0 saturated heterocycles. The van der Waals surface area contributed by atoms with Gasteiger partial charge in [0.1, 0.15) is 0 Å². The second-order valence-corrected chi connectivity index (χ2v) is 3.98. The first-order chi connectivity index (χ1) is 5.88. The number of benzene rings is 1. The second kappa shape index (κ2) is 4.77. The van der Waals surface area contributed by atoms with Gasteiger partial charge in [-0.1, -0.05) is 0 Å². The first-order valence-electron chi connectivity index (χ1n) is 3.57. The Morgan fingerprint density at radius 2 is 2.17 bits per heavy atom. The molecule has 0 fully saturated rings. The summed E-state index contributed by atoms with van der Waals surface area (Å²) in [4.78, 5) is 0. The Morgan fingerprint density at radius 3 is 2.83 bits per heavy atom. The van der Waals surface area contributed by atoms with E-state index >= 15 is 0 Å². The molecule has 1 nitrogen and oxygen atoms in total. The van der Waals surface area contributed by atoms with Crippen molar-refractivity contribution in [2.24, 2.45) is 0 Å². The third-order valence-electron chi connectivity index (χ3n) is 1.48. The molecule has 0 saturated carbocycles. The number of allylic oxidation sites excluding steroid dienone is 1. The molecule has 0 unspecified atom stereocenters. The summed E-state index contributed by atoms with van der Waals surface area (Å²) in [6.07, 6.45) is 3.38. The molecule has 0 N–H and O–H groups in total. The van der Waals surface area contributed by atoms with Crippen molar-refractivity contribution in [3.05, 3.63) is 35.9 Å². The number of rotatable bonds is 2. The van der Waals surface area contributed by atoms with Crippen molar-refractivity contribution in [2.45, 2.75) is 5.82 Å². The van der Waals surface area contributed by atoms with E-state index in [1.165, 1.54) is 16.1 Å². The predicted octanol–water partition coefficient (Wildman–Crippen LogP) is 1.60. The van der Waals surface area contributed by atoms with Gasteiger partial charge in [0, 0.05) is 0 Å². The van der Waals surface area contributed by atoms with Crippen LogP contribution in [-0.4, -0.2) is 15.0 Å². The van der Waals surface area contributed by atoms with E-state index in [2.05, 4.69) is 11.9 Å². The van der Waals surface area contributed by atoms with Gasteiger partial charge in [0.15, 0.2) is 0 Å². The van der Waals surface area contributed by atoms with E-state index in [1.807, 2.05) is 30.3 Å². The molecule has 0 aliphatic rings. The van der Waals surface area contributed by atoms with Gasteiger partial charge in [0.25, 0.3) is 0 Å². The molecule has 1 aromatic carbocycles. The van der Waals surface area contributed by atoms with Crippen LogP contribution >= 0.6 is 0 Å². The standard InChI is InChI=1S/C10H9NSe/c1-12-10-7-3-2-5-9(10)6-4-8-11/h2-7H,1H3/b6-4+. The van der Waals surface area contributed by atoms with Gasteiger partial charge in [-0.2, -0.15) is 0 Å². The molecule has 2 heteroatoms. The number of hydrogen-bond donors (Lipinski definition) is 0. The molecule has 0 aliphatic heterocycles. The summed E-state index contributed by atoms with van der Waals surface area (Å²) in [6, 6.07) is 10.2. The van der Waals surface area contributed by atoms with E-state index in [9.17, 15) is 0 Å². The molecular formula is C10H9NSe. The Labute approximate surface area is 78.9 Å². The fourth-order valence-electron chi connectivity index (χ4n) is 0.931. The average Bonchev–Trinajstić information content (AvgIpc) is 2.15. The van der Waals surface area contributed by atoms with Crippen LogP contribution in [0.3, 0.4) is 0 Å². The third-order valence-corrected chi connectivity index (χ3v) is 3.18. The number of nitriles is 1. The Balaban J connectivity index is 2.99. The molecule has 1 rings (SSSR count). The van der Waals surface area contributed by atoms with E-state index in [1.54, 1.807) is 0 Å². The van der Waals surface area contributed by atoms with E-state index in [4.69, 9.17) is 5.26 Å². The zero-order chi connectivity index (χ0) is 8.81. The van der Waals surface area contributed by atoms with Gasteiger partial charge in [0.05, 0.1) is 0 Å². The Hall–Kier alpha value is -1.03. The molecule has 0 radical (unpaired) electrons. The van der Waals surface area contributed by atoms with Crippen LogP contribution in [0.4, 0.5) is 0 Å². The van der Waals surface area contributed by atoms with Crippen LogP contribution < -0.4 is 4.46 Å². The van der Waals surface area contributed by atoms with Crippen molar-refractivity contribution in [3.8, 4) is 6.07 Å². The summed E-state index contributed by atoms with van der Waals surface area (Å²) in [5.74, 6) is 2.17. The second-order valence-electron chi connectivity index (χ2n) is 2.20. The minimum absolute atomic E-state index is 0.496. The van der Waals surface area contributed by atoms with E-state index < -0.39 is 0 Å². The summed E-state index contributed by atoms with van der Waals surface area (Å²) in [6.45, 7) is 0. The normalized spacial score (nSPS) is 10.0. The molecule has 0 atom stereocenters. The fourth-order valence-corrected chi connectivity index (χ4v) is 2.16. The molecule has 0 aliphatic carbocycles. The number of nitrogens with zero attached hydrogens (tertiary/aromatic N) is 1. The Bertz CT molecular complexity index is 323. The van der Waals surface area contributed by atoms with E-state index in [0.717, 1.165) is 0 Å². The average molecular weight is 222 g/mol. The summed E-state index contributed by atoms with van der Waals surface area (Å²) in [5, 5.41) is 8.36. The van der Waals surface area contributed by atoms with Gasteiger partial charge in [-0.3, -0.25) is 0 Å². The van der Waals surface area contributed by atoms with Crippen LogP contribution in [0.15, 0.2) is 30.3 Å². The minimum atomic E-state index is 0.496. The van der Waals surface area contributed by atoms with E-state index in [-0.39, 0.29) is 0 Å². The van der Waals surface area contributed by atoms with Gasteiger partial charge >= 0.3 is 78.6 Å². The quantitative estimate of drug-likeness (QED) is 0.550. The molecule has 0 heterocycles. The van der Waals surface area contributed by atoms with Crippen molar-refractivity contribution in [3.63, 3.8) is 0 Å².